The van der Waals surface area contributed by atoms with Crippen LogP contribution in [0.5, 0.6) is 0 Å². The normalized spacial score (nSPS) is 13.7. The summed E-state index contributed by atoms with van der Waals surface area (Å²) in [5.41, 5.74) is 0. The zero-order valence-corrected chi connectivity index (χ0v) is 12.1. The third kappa shape index (κ3) is 8.12. The van der Waals surface area contributed by atoms with Crippen LogP contribution in [-0.4, -0.2) is 38.1 Å². The van der Waals surface area contributed by atoms with E-state index in [2.05, 4.69) is 45.1 Å². The SMILES string of the molecule is CCCNC(CCN(C)C)CC(CC)CC. The summed E-state index contributed by atoms with van der Waals surface area (Å²) in [6, 6.07) is 0.715. The van der Waals surface area contributed by atoms with Crippen LogP contribution in [0, 0.1) is 5.92 Å². The largest absolute Gasteiger partial charge is 0.314 e. The molecule has 0 radical (unpaired) electrons. The van der Waals surface area contributed by atoms with Gasteiger partial charge in [0.15, 0.2) is 0 Å². The predicted molar refractivity (Wildman–Crippen MR) is 73.9 cm³/mol. The molecular weight excluding hydrogens is 196 g/mol. The predicted octanol–water partition coefficient (Wildman–Crippen LogP) is 3.13. The summed E-state index contributed by atoms with van der Waals surface area (Å²) < 4.78 is 0. The van der Waals surface area contributed by atoms with Gasteiger partial charge >= 0.3 is 0 Å². The van der Waals surface area contributed by atoms with Crippen molar-refractivity contribution in [2.75, 3.05) is 27.2 Å². The van der Waals surface area contributed by atoms with Crippen molar-refractivity contribution in [2.24, 2.45) is 5.92 Å². The third-order valence-electron chi connectivity index (χ3n) is 3.38. The number of hydrogen-bond donors (Lipinski definition) is 1. The number of rotatable bonds is 10. The minimum Gasteiger partial charge on any atom is -0.314 e. The lowest BCUT2D eigenvalue weighted by molar-refractivity contribution is 0.310. The molecule has 0 bridgehead atoms. The minimum atomic E-state index is 0.715. The highest BCUT2D eigenvalue weighted by molar-refractivity contribution is 4.72. The van der Waals surface area contributed by atoms with E-state index in [9.17, 15) is 0 Å². The maximum absolute atomic E-state index is 3.70. The zero-order valence-electron chi connectivity index (χ0n) is 12.1. The van der Waals surface area contributed by atoms with Crippen LogP contribution < -0.4 is 5.32 Å². The average Bonchev–Trinajstić information content (AvgIpc) is 2.28. The lowest BCUT2D eigenvalue weighted by atomic mass is 9.93. The molecule has 0 rings (SSSR count). The summed E-state index contributed by atoms with van der Waals surface area (Å²) in [6.45, 7) is 9.24. The number of nitrogens with zero attached hydrogens (tertiary/aromatic N) is 1. The highest BCUT2D eigenvalue weighted by Gasteiger charge is 2.13. The van der Waals surface area contributed by atoms with Crippen LogP contribution in [0.25, 0.3) is 0 Å². The first-order valence-corrected chi connectivity index (χ1v) is 7.02. The Morgan fingerprint density at radius 1 is 1.06 bits per heavy atom. The van der Waals surface area contributed by atoms with Crippen molar-refractivity contribution in [3.63, 3.8) is 0 Å². The Hall–Kier alpha value is -0.0800. The molecule has 0 fully saturated rings. The Morgan fingerprint density at radius 3 is 2.12 bits per heavy atom. The molecule has 2 heteroatoms. The first-order chi connectivity index (χ1) is 7.63. The molecule has 0 saturated carbocycles. The van der Waals surface area contributed by atoms with Crippen molar-refractivity contribution in [1.29, 1.82) is 0 Å². The van der Waals surface area contributed by atoms with Crippen LogP contribution >= 0.6 is 0 Å². The van der Waals surface area contributed by atoms with Crippen LogP contribution in [0.4, 0.5) is 0 Å². The molecular formula is C14H32N2. The van der Waals surface area contributed by atoms with Gasteiger partial charge in [0, 0.05) is 6.04 Å². The van der Waals surface area contributed by atoms with E-state index < -0.39 is 0 Å². The van der Waals surface area contributed by atoms with E-state index in [1.54, 1.807) is 0 Å². The molecule has 0 aromatic carbocycles. The van der Waals surface area contributed by atoms with E-state index in [-0.39, 0.29) is 0 Å². The van der Waals surface area contributed by atoms with Crippen molar-refractivity contribution in [3.8, 4) is 0 Å². The summed E-state index contributed by atoms with van der Waals surface area (Å²) in [5.74, 6) is 0.900. The molecule has 0 aliphatic rings. The van der Waals surface area contributed by atoms with E-state index in [0.717, 1.165) is 12.5 Å². The molecule has 2 nitrogen and oxygen atoms in total. The summed E-state index contributed by atoms with van der Waals surface area (Å²) in [6.07, 6.45) is 6.51. The second-order valence-corrected chi connectivity index (χ2v) is 5.16. The van der Waals surface area contributed by atoms with Crippen LogP contribution in [0.3, 0.4) is 0 Å². The molecule has 1 N–H and O–H groups in total. The Balaban J connectivity index is 3.97. The highest BCUT2D eigenvalue weighted by Crippen LogP contribution is 2.16. The minimum absolute atomic E-state index is 0.715. The van der Waals surface area contributed by atoms with Crippen LogP contribution in [0.15, 0.2) is 0 Å². The quantitative estimate of drug-likeness (QED) is 0.618. The Morgan fingerprint density at radius 2 is 1.69 bits per heavy atom. The molecule has 0 aliphatic carbocycles. The van der Waals surface area contributed by atoms with Crippen molar-refractivity contribution >= 4 is 0 Å². The van der Waals surface area contributed by atoms with Gasteiger partial charge in [-0.1, -0.05) is 33.6 Å². The topological polar surface area (TPSA) is 15.3 Å². The average molecular weight is 228 g/mol. The third-order valence-corrected chi connectivity index (χ3v) is 3.38. The van der Waals surface area contributed by atoms with Crippen molar-refractivity contribution in [1.82, 2.24) is 10.2 Å². The van der Waals surface area contributed by atoms with Gasteiger partial charge < -0.3 is 10.2 Å². The molecule has 98 valence electrons. The van der Waals surface area contributed by atoms with Gasteiger partial charge in [0.2, 0.25) is 0 Å². The molecule has 0 aromatic rings. The number of hydrogen-bond acceptors (Lipinski definition) is 2. The van der Waals surface area contributed by atoms with Gasteiger partial charge in [0.05, 0.1) is 0 Å². The van der Waals surface area contributed by atoms with Crippen molar-refractivity contribution < 1.29 is 0 Å². The van der Waals surface area contributed by atoms with Gasteiger partial charge in [-0.3, -0.25) is 0 Å². The molecule has 0 amide bonds. The molecule has 1 unspecified atom stereocenters. The summed E-state index contributed by atoms with van der Waals surface area (Å²) >= 11 is 0. The van der Waals surface area contributed by atoms with Crippen LogP contribution in [0.2, 0.25) is 0 Å². The molecule has 0 aliphatic heterocycles. The van der Waals surface area contributed by atoms with E-state index in [1.807, 2.05) is 0 Å². The lowest BCUT2D eigenvalue weighted by Crippen LogP contribution is -2.34. The second kappa shape index (κ2) is 10.1. The van der Waals surface area contributed by atoms with Gasteiger partial charge in [-0.25, -0.2) is 0 Å². The summed E-state index contributed by atoms with van der Waals surface area (Å²) in [5, 5.41) is 3.70. The van der Waals surface area contributed by atoms with Gasteiger partial charge in [-0.2, -0.15) is 0 Å². The Labute approximate surface area is 103 Å². The fraction of sp³-hybridized carbons (Fsp3) is 1.00. The highest BCUT2D eigenvalue weighted by atomic mass is 15.1. The number of nitrogens with one attached hydrogen (secondary N) is 1. The maximum Gasteiger partial charge on any atom is 0.00818 e. The summed E-state index contributed by atoms with van der Waals surface area (Å²) in [7, 11) is 4.32. The molecule has 0 aromatic heterocycles. The first-order valence-electron chi connectivity index (χ1n) is 7.02. The molecule has 1 atom stereocenters. The monoisotopic (exact) mass is 228 g/mol. The fourth-order valence-corrected chi connectivity index (χ4v) is 2.09. The van der Waals surface area contributed by atoms with Crippen LogP contribution in [0.1, 0.15) is 52.9 Å². The lowest BCUT2D eigenvalue weighted by Gasteiger charge is -2.24. The zero-order chi connectivity index (χ0) is 12.4. The Kier molecular flexibility index (Phi) is 10.0. The summed E-state index contributed by atoms with van der Waals surface area (Å²) in [4.78, 5) is 2.29. The smallest absolute Gasteiger partial charge is 0.00818 e. The van der Waals surface area contributed by atoms with E-state index in [0.29, 0.717) is 6.04 Å². The van der Waals surface area contributed by atoms with Crippen LogP contribution in [-0.2, 0) is 0 Å². The van der Waals surface area contributed by atoms with Crippen molar-refractivity contribution in [3.05, 3.63) is 0 Å². The van der Waals surface area contributed by atoms with Gasteiger partial charge in [0.25, 0.3) is 0 Å². The van der Waals surface area contributed by atoms with Gasteiger partial charge in [0.1, 0.15) is 0 Å². The Bertz CT molecular complexity index is 142. The van der Waals surface area contributed by atoms with Crippen molar-refractivity contribution in [2.45, 2.75) is 58.9 Å². The van der Waals surface area contributed by atoms with E-state index >= 15 is 0 Å². The second-order valence-electron chi connectivity index (χ2n) is 5.16. The molecule has 0 spiro atoms. The fourth-order valence-electron chi connectivity index (χ4n) is 2.09. The molecule has 0 heterocycles. The standard InChI is InChI=1S/C14H32N2/c1-6-10-15-14(9-11-16(4)5)12-13(7-2)8-3/h13-15H,6-12H2,1-5H3. The molecule has 0 saturated heterocycles. The van der Waals surface area contributed by atoms with E-state index in [1.165, 1.54) is 38.6 Å². The molecule has 16 heavy (non-hydrogen) atoms. The first kappa shape index (κ1) is 15.9. The van der Waals surface area contributed by atoms with E-state index in [4.69, 9.17) is 0 Å². The maximum atomic E-state index is 3.70. The van der Waals surface area contributed by atoms with Gasteiger partial charge in [-0.15, -0.1) is 0 Å². The van der Waals surface area contributed by atoms with Gasteiger partial charge in [-0.05, 0) is 52.4 Å².